The molecule has 1 saturated heterocycles. The van der Waals surface area contributed by atoms with Crippen molar-refractivity contribution in [1.29, 1.82) is 0 Å². The van der Waals surface area contributed by atoms with Gasteiger partial charge >= 0.3 is 0 Å². The highest BCUT2D eigenvalue weighted by molar-refractivity contribution is 9.09. The molecule has 0 unspecified atom stereocenters. The van der Waals surface area contributed by atoms with E-state index in [9.17, 15) is 4.79 Å². The fourth-order valence-electron chi connectivity index (χ4n) is 2.48. The number of hydrogen-bond acceptors (Lipinski definition) is 2. The fraction of sp³-hybridized carbons (Fsp3) is 0.909. The summed E-state index contributed by atoms with van der Waals surface area (Å²) in [5.41, 5.74) is 0. The van der Waals surface area contributed by atoms with Crippen molar-refractivity contribution < 1.29 is 4.79 Å². The van der Waals surface area contributed by atoms with E-state index in [1.807, 2.05) is 11.8 Å². The van der Waals surface area contributed by atoms with Crippen LogP contribution < -0.4 is 0 Å². The summed E-state index contributed by atoms with van der Waals surface area (Å²) >= 11 is 5.32. The molecule has 1 saturated carbocycles. The van der Waals surface area contributed by atoms with E-state index < -0.39 is 0 Å². The van der Waals surface area contributed by atoms with Crippen LogP contribution >= 0.6 is 27.7 Å². The topological polar surface area (TPSA) is 20.3 Å². The molecule has 1 aliphatic heterocycles. The highest BCUT2D eigenvalue weighted by atomic mass is 79.9. The quantitative estimate of drug-likeness (QED) is 0.586. The molecule has 0 aromatic carbocycles. The molecule has 2 aliphatic rings. The summed E-state index contributed by atoms with van der Waals surface area (Å²) in [7, 11) is 0. The third-order valence-corrected chi connectivity index (χ3v) is 5.53. The van der Waals surface area contributed by atoms with Crippen LogP contribution in [0.3, 0.4) is 0 Å². The maximum Gasteiger partial charge on any atom is 0.239 e. The largest absolute Gasteiger partial charge is 0.332 e. The second-order valence-electron chi connectivity index (χ2n) is 4.44. The van der Waals surface area contributed by atoms with Crippen LogP contribution in [0.1, 0.15) is 38.5 Å². The van der Waals surface area contributed by atoms with Gasteiger partial charge in [-0.1, -0.05) is 28.8 Å². The van der Waals surface area contributed by atoms with Gasteiger partial charge in [-0.15, -0.1) is 11.8 Å². The van der Waals surface area contributed by atoms with E-state index in [0.717, 1.165) is 37.0 Å². The molecule has 1 heterocycles. The average molecular weight is 292 g/mol. The highest BCUT2D eigenvalue weighted by Crippen LogP contribution is 2.47. The SMILES string of the molecule is O=C1N(CCCCBr)CSC12CCCC2. The number of thioether (sulfide) groups is 1. The summed E-state index contributed by atoms with van der Waals surface area (Å²) in [6, 6.07) is 0. The first-order chi connectivity index (χ1) is 7.28. The molecule has 0 atom stereocenters. The molecule has 2 nitrogen and oxygen atoms in total. The molecule has 0 N–H and O–H groups in total. The molecular formula is C11H18BrNOS. The molecule has 0 aromatic rings. The Balaban J connectivity index is 1.86. The number of rotatable bonds is 4. The minimum atomic E-state index is 0.00834. The van der Waals surface area contributed by atoms with Crippen molar-refractivity contribution in [2.24, 2.45) is 0 Å². The van der Waals surface area contributed by atoms with Crippen molar-refractivity contribution in [3.63, 3.8) is 0 Å². The van der Waals surface area contributed by atoms with E-state index in [1.165, 1.54) is 19.3 Å². The second-order valence-corrected chi connectivity index (χ2v) is 6.56. The zero-order chi connectivity index (χ0) is 10.7. The molecule has 1 aliphatic carbocycles. The van der Waals surface area contributed by atoms with Crippen LogP contribution in [0, 0.1) is 0 Å². The van der Waals surface area contributed by atoms with Crippen molar-refractivity contribution in [2.45, 2.75) is 43.3 Å². The standard InChI is InChI=1S/C11H18BrNOS/c12-7-3-4-8-13-9-15-11(10(13)14)5-1-2-6-11/h1-9H2. The van der Waals surface area contributed by atoms with Crippen molar-refractivity contribution >= 4 is 33.6 Å². The van der Waals surface area contributed by atoms with Gasteiger partial charge in [-0.3, -0.25) is 4.79 Å². The van der Waals surface area contributed by atoms with Gasteiger partial charge < -0.3 is 4.90 Å². The molecule has 86 valence electrons. The van der Waals surface area contributed by atoms with E-state index in [1.54, 1.807) is 0 Å². The Labute approximate surface area is 104 Å². The lowest BCUT2D eigenvalue weighted by atomic mass is 10.1. The summed E-state index contributed by atoms with van der Waals surface area (Å²) in [4.78, 5) is 14.3. The van der Waals surface area contributed by atoms with E-state index >= 15 is 0 Å². The molecule has 0 bridgehead atoms. The normalized spacial score (nSPS) is 24.3. The zero-order valence-electron chi connectivity index (χ0n) is 9.01. The van der Waals surface area contributed by atoms with Crippen molar-refractivity contribution in [1.82, 2.24) is 4.90 Å². The first kappa shape index (κ1) is 11.8. The molecule has 2 rings (SSSR count). The Morgan fingerprint density at radius 1 is 1.33 bits per heavy atom. The van der Waals surface area contributed by atoms with Crippen LogP contribution in [-0.4, -0.2) is 33.3 Å². The number of unbranched alkanes of at least 4 members (excludes halogenated alkanes) is 1. The third-order valence-electron chi connectivity index (χ3n) is 3.40. The van der Waals surface area contributed by atoms with Gasteiger partial charge in [0, 0.05) is 11.9 Å². The van der Waals surface area contributed by atoms with Gasteiger partial charge in [0.2, 0.25) is 5.91 Å². The van der Waals surface area contributed by atoms with Crippen molar-refractivity contribution in [3.8, 4) is 0 Å². The van der Waals surface area contributed by atoms with Gasteiger partial charge in [-0.25, -0.2) is 0 Å². The number of hydrogen-bond donors (Lipinski definition) is 0. The van der Waals surface area contributed by atoms with E-state index in [4.69, 9.17) is 0 Å². The number of halogens is 1. The number of carbonyl (C=O) groups is 1. The number of nitrogens with zero attached hydrogens (tertiary/aromatic N) is 1. The van der Waals surface area contributed by atoms with Crippen LogP contribution in [0.5, 0.6) is 0 Å². The average Bonchev–Trinajstić information content (AvgIpc) is 2.82. The molecule has 4 heteroatoms. The van der Waals surface area contributed by atoms with Crippen LogP contribution in [0.15, 0.2) is 0 Å². The predicted octanol–water partition coefficient (Wildman–Crippen LogP) is 3.01. The van der Waals surface area contributed by atoms with E-state index in [0.29, 0.717) is 5.91 Å². The van der Waals surface area contributed by atoms with E-state index in [2.05, 4.69) is 20.8 Å². The Morgan fingerprint density at radius 2 is 2.07 bits per heavy atom. The van der Waals surface area contributed by atoms with Gasteiger partial charge in [0.15, 0.2) is 0 Å². The lowest BCUT2D eigenvalue weighted by Gasteiger charge is -2.20. The summed E-state index contributed by atoms with van der Waals surface area (Å²) in [5.74, 6) is 1.36. The molecule has 15 heavy (non-hydrogen) atoms. The predicted molar refractivity (Wildman–Crippen MR) is 68.4 cm³/mol. The summed E-state index contributed by atoms with van der Waals surface area (Å²) in [6.07, 6.45) is 7.02. The summed E-state index contributed by atoms with van der Waals surface area (Å²) in [5, 5.41) is 1.05. The lowest BCUT2D eigenvalue weighted by Crippen LogP contribution is -2.37. The Kier molecular flexibility index (Phi) is 3.99. The number of amides is 1. The molecule has 1 amide bonds. The van der Waals surface area contributed by atoms with Crippen LogP contribution in [0.2, 0.25) is 0 Å². The fourth-order valence-corrected chi connectivity index (χ4v) is 4.35. The monoisotopic (exact) mass is 291 g/mol. The van der Waals surface area contributed by atoms with Gasteiger partial charge in [0.1, 0.15) is 0 Å². The Hall–Kier alpha value is 0.300. The van der Waals surface area contributed by atoms with Gasteiger partial charge in [-0.05, 0) is 25.7 Å². The maximum absolute atomic E-state index is 12.2. The number of carbonyl (C=O) groups excluding carboxylic acids is 1. The highest BCUT2D eigenvalue weighted by Gasteiger charge is 2.48. The molecule has 2 fully saturated rings. The molecule has 0 aromatic heterocycles. The van der Waals surface area contributed by atoms with Crippen LogP contribution in [-0.2, 0) is 4.79 Å². The van der Waals surface area contributed by atoms with Crippen LogP contribution in [0.25, 0.3) is 0 Å². The first-order valence-corrected chi connectivity index (χ1v) is 7.88. The minimum absolute atomic E-state index is 0.00834. The van der Waals surface area contributed by atoms with Crippen molar-refractivity contribution in [2.75, 3.05) is 17.8 Å². The molecule has 0 radical (unpaired) electrons. The van der Waals surface area contributed by atoms with Crippen molar-refractivity contribution in [3.05, 3.63) is 0 Å². The Bertz CT molecular complexity index is 241. The number of alkyl halides is 1. The van der Waals surface area contributed by atoms with Gasteiger partial charge in [0.25, 0.3) is 0 Å². The first-order valence-electron chi connectivity index (χ1n) is 5.78. The van der Waals surface area contributed by atoms with Crippen LogP contribution in [0.4, 0.5) is 0 Å². The van der Waals surface area contributed by atoms with E-state index in [-0.39, 0.29) is 4.75 Å². The smallest absolute Gasteiger partial charge is 0.239 e. The second kappa shape index (κ2) is 5.09. The minimum Gasteiger partial charge on any atom is -0.332 e. The third kappa shape index (κ3) is 2.36. The zero-order valence-corrected chi connectivity index (χ0v) is 11.4. The molecule has 1 spiro atoms. The van der Waals surface area contributed by atoms with Gasteiger partial charge in [0.05, 0.1) is 10.6 Å². The summed E-state index contributed by atoms with van der Waals surface area (Å²) in [6.45, 7) is 0.958. The van der Waals surface area contributed by atoms with Gasteiger partial charge in [-0.2, -0.15) is 0 Å². The lowest BCUT2D eigenvalue weighted by molar-refractivity contribution is -0.131. The summed E-state index contributed by atoms with van der Waals surface area (Å²) < 4.78 is 0.00834. The Morgan fingerprint density at radius 3 is 2.73 bits per heavy atom. The maximum atomic E-state index is 12.2. The molecular weight excluding hydrogens is 274 g/mol.